The molecule has 2 aromatic carbocycles. The standard InChI is InChI=1S/C22H23N5/c1-22(2,23)11-12-24-21-17-8-4-6-10-19(17)26-20(27-21)16-13-15-7-3-5-9-18(15)25-14-16/h3-10,13-14H,11-12,23H2,1-2H3,(H,24,26,27). The molecule has 2 aromatic heterocycles. The van der Waals surface area contributed by atoms with E-state index in [0.717, 1.165) is 46.2 Å². The van der Waals surface area contributed by atoms with Gasteiger partial charge in [0.05, 0.1) is 11.0 Å². The summed E-state index contributed by atoms with van der Waals surface area (Å²) in [5.41, 5.74) is 8.66. The van der Waals surface area contributed by atoms with Crippen LogP contribution in [0.4, 0.5) is 5.82 Å². The smallest absolute Gasteiger partial charge is 0.163 e. The lowest BCUT2D eigenvalue weighted by atomic mass is 10.0. The number of aromatic nitrogens is 3. The fourth-order valence-corrected chi connectivity index (χ4v) is 3.04. The second-order valence-electron chi connectivity index (χ2n) is 7.50. The molecule has 0 bridgehead atoms. The van der Waals surface area contributed by atoms with E-state index in [1.54, 1.807) is 0 Å². The van der Waals surface area contributed by atoms with E-state index < -0.39 is 0 Å². The lowest BCUT2D eigenvalue weighted by Gasteiger charge is -2.19. The van der Waals surface area contributed by atoms with Gasteiger partial charge in [0.25, 0.3) is 0 Å². The summed E-state index contributed by atoms with van der Waals surface area (Å²) in [6.07, 6.45) is 2.68. The molecule has 5 heteroatoms. The molecule has 0 aliphatic heterocycles. The van der Waals surface area contributed by atoms with Gasteiger partial charge in [-0.2, -0.15) is 0 Å². The number of anilines is 1. The normalized spacial score (nSPS) is 11.8. The molecule has 0 aliphatic carbocycles. The second-order valence-corrected chi connectivity index (χ2v) is 7.50. The number of nitrogens with one attached hydrogen (secondary N) is 1. The first-order chi connectivity index (χ1) is 13.0. The van der Waals surface area contributed by atoms with Crippen molar-refractivity contribution in [3.05, 3.63) is 60.8 Å². The molecule has 3 N–H and O–H groups in total. The monoisotopic (exact) mass is 357 g/mol. The first-order valence-electron chi connectivity index (χ1n) is 9.14. The van der Waals surface area contributed by atoms with Crippen LogP contribution in [0.15, 0.2) is 60.8 Å². The van der Waals surface area contributed by atoms with Crippen LogP contribution in [0.3, 0.4) is 0 Å². The minimum Gasteiger partial charge on any atom is -0.369 e. The van der Waals surface area contributed by atoms with Crippen LogP contribution in [-0.2, 0) is 0 Å². The number of benzene rings is 2. The predicted molar refractivity (Wildman–Crippen MR) is 112 cm³/mol. The summed E-state index contributed by atoms with van der Waals surface area (Å²) in [4.78, 5) is 14.1. The first-order valence-corrected chi connectivity index (χ1v) is 9.14. The van der Waals surface area contributed by atoms with E-state index in [1.165, 1.54) is 0 Å². The average molecular weight is 357 g/mol. The Balaban J connectivity index is 1.76. The molecule has 5 nitrogen and oxygen atoms in total. The number of hydrogen-bond donors (Lipinski definition) is 2. The quantitative estimate of drug-likeness (QED) is 0.554. The maximum Gasteiger partial charge on any atom is 0.163 e. The summed E-state index contributed by atoms with van der Waals surface area (Å²) >= 11 is 0. The van der Waals surface area contributed by atoms with E-state index in [-0.39, 0.29) is 5.54 Å². The Labute approximate surface area is 158 Å². The second kappa shape index (κ2) is 6.93. The van der Waals surface area contributed by atoms with Gasteiger partial charge in [-0.15, -0.1) is 0 Å². The van der Waals surface area contributed by atoms with E-state index >= 15 is 0 Å². The van der Waals surface area contributed by atoms with Crippen molar-refractivity contribution in [2.75, 3.05) is 11.9 Å². The molecule has 0 atom stereocenters. The highest BCUT2D eigenvalue weighted by atomic mass is 15.0. The van der Waals surface area contributed by atoms with Gasteiger partial charge >= 0.3 is 0 Å². The van der Waals surface area contributed by atoms with Crippen LogP contribution in [0.5, 0.6) is 0 Å². The molecule has 4 rings (SSSR count). The van der Waals surface area contributed by atoms with Crippen LogP contribution in [0.1, 0.15) is 20.3 Å². The number of rotatable bonds is 5. The molecule has 2 heterocycles. The van der Waals surface area contributed by atoms with Gasteiger partial charge in [-0.3, -0.25) is 4.98 Å². The highest BCUT2D eigenvalue weighted by molar-refractivity contribution is 5.91. The summed E-state index contributed by atoms with van der Waals surface area (Å²) < 4.78 is 0. The van der Waals surface area contributed by atoms with Crippen LogP contribution < -0.4 is 11.1 Å². The molecular weight excluding hydrogens is 334 g/mol. The fourth-order valence-electron chi connectivity index (χ4n) is 3.04. The topological polar surface area (TPSA) is 76.7 Å². The van der Waals surface area contributed by atoms with Gasteiger partial charge in [-0.1, -0.05) is 30.3 Å². The summed E-state index contributed by atoms with van der Waals surface area (Å²) in [5.74, 6) is 1.49. The highest BCUT2D eigenvalue weighted by Gasteiger charge is 2.13. The van der Waals surface area contributed by atoms with E-state index in [9.17, 15) is 0 Å². The lowest BCUT2D eigenvalue weighted by molar-refractivity contribution is 0.490. The van der Waals surface area contributed by atoms with Crippen molar-refractivity contribution in [3.63, 3.8) is 0 Å². The van der Waals surface area contributed by atoms with Gasteiger partial charge < -0.3 is 11.1 Å². The van der Waals surface area contributed by atoms with Crippen molar-refractivity contribution >= 4 is 27.6 Å². The molecule has 27 heavy (non-hydrogen) atoms. The molecule has 0 fully saturated rings. The van der Waals surface area contributed by atoms with E-state index in [4.69, 9.17) is 15.7 Å². The molecule has 0 saturated carbocycles. The van der Waals surface area contributed by atoms with Crippen molar-refractivity contribution in [2.45, 2.75) is 25.8 Å². The molecule has 0 unspecified atom stereocenters. The van der Waals surface area contributed by atoms with E-state index in [2.05, 4.69) is 22.4 Å². The minimum atomic E-state index is -0.221. The third kappa shape index (κ3) is 3.88. The molecule has 0 radical (unpaired) electrons. The number of nitrogens with zero attached hydrogens (tertiary/aromatic N) is 3. The molecule has 0 spiro atoms. The SMILES string of the molecule is CC(C)(N)CCNc1nc(-c2cnc3ccccc3c2)nc2ccccc12. The zero-order valence-corrected chi connectivity index (χ0v) is 15.6. The van der Waals surface area contributed by atoms with Crippen molar-refractivity contribution in [2.24, 2.45) is 5.73 Å². The Kier molecular flexibility index (Phi) is 4.46. The number of fused-ring (bicyclic) bond motifs is 2. The lowest BCUT2D eigenvalue weighted by Crippen LogP contribution is -2.34. The predicted octanol–water partition coefficient (Wildman–Crippen LogP) is 4.38. The Morgan fingerprint density at radius 3 is 2.52 bits per heavy atom. The van der Waals surface area contributed by atoms with Crippen LogP contribution in [0.25, 0.3) is 33.2 Å². The molecule has 4 aromatic rings. The largest absolute Gasteiger partial charge is 0.369 e. The van der Waals surface area contributed by atoms with Crippen molar-refractivity contribution in [1.29, 1.82) is 0 Å². The van der Waals surface area contributed by atoms with Crippen LogP contribution in [0, 0.1) is 0 Å². The number of para-hydroxylation sites is 2. The van der Waals surface area contributed by atoms with Gasteiger partial charge in [-0.25, -0.2) is 9.97 Å². The van der Waals surface area contributed by atoms with E-state index in [1.807, 2.05) is 62.5 Å². The summed E-state index contributed by atoms with van der Waals surface area (Å²) in [6.45, 7) is 4.80. The third-order valence-electron chi connectivity index (χ3n) is 4.51. The number of nitrogens with two attached hydrogens (primary N) is 1. The summed E-state index contributed by atoms with van der Waals surface area (Å²) in [6, 6.07) is 18.2. The first kappa shape index (κ1) is 17.4. The van der Waals surface area contributed by atoms with Gasteiger partial charge in [0.2, 0.25) is 0 Å². The van der Waals surface area contributed by atoms with Crippen LogP contribution >= 0.6 is 0 Å². The molecule has 136 valence electrons. The zero-order chi connectivity index (χ0) is 18.9. The molecule has 0 amide bonds. The van der Waals surface area contributed by atoms with Crippen molar-refractivity contribution < 1.29 is 0 Å². The summed E-state index contributed by atoms with van der Waals surface area (Å²) in [5, 5.41) is 5.52. The Morgan fingerprint density at radius 1 is 0.963 bits per heavy atom. The van der Waals surface area contributed by atoms with Gasteiger partial charge in [0, 0.05) is 34.6 Å². The zero-order valence-electron chi connectivity index (χ0n) is 15.6. The highest BCUT2D eigenvalue weighted by Crippen LogP contribution is 2.26. The molecule has 0 aliphatic rings. The average Bonchev–Trinajstić information content (AvgIpc) is 2.66. The summed E-state index contributed by atoms with van der Waals surface area (Å²) in [7, 11) is 0. The number of pyridine rings is 1. The Bertz CT molecular complexity index is 1100. The molecular formula is C22H23N5. The third-order valence-corrected chi connectivity index (χ3v) is 4.51. The van der Waals surface area contributed by atoms with E-state index in [0.29, 0.717) is 5.82 Å². The van der Waals surface area contributed by atoms with Gasteiger partial charge in [0.1, 0.15) is 5.82 Å². The number of hydrogen-bond acceptors (Lipinski definition) is 5. The van der Waals surface area contributed by atoms with Crippen molar-refractivity contribution in [1.82, 2.24) is 15.0 Å². The Hall–Kier alpha value is -3.05. The van der Waals surface area contributed by atoms with Gasteiger partial charge in [0.15, 0.2) is 5.82 Å². The Morgan fingerprint density at radius 2 is 1.70 bits per heavy atom. The van der Waals surface area contributed by atoms with Crippen LogP contribution in [0.2, 0.25) is 0 Å². The maximum atomic E-state index is 6.11. The fraction of sp³-hybridized carbons (Fsp3) is 0.227. The minimum absolute atomic E-state index is 0.221. The van der Waals surface area contributed by atoms with Crippen molar-refractivity contribution in [3.8, 4) is 11.4 Å². The molecule has 0 saturated heterocycles. The van der Waals surface area contributed by atoms with Gasteiger partial charge in [-0.05, 0) is 44.5 Å². The maximum absolute atomic E-state index is 6.11. The van der Waals surface area contributed by atoms with Crippen LogP contribution in [-0.4, -0.2) is 27.0 Å².